The number of amides is 1. The summed E-state index contributed by atoms with van der Waals surface area (Å²) in [4.78, 5) is 11.7. The highest BCUT2D eigenvalue weighted by atomic mass is 16.2. The van der Waals surface area contributed by atoms with Crippen molar-refractivity contribution in [3.8, 4) is 0 Å². The molecule has 1 atom stereocenters. The van der Waals surface area contributed by atoms with E-state index in [0.29, 0.717) is 13.0 Å². The number of hydrogen-bond acceptors (Lipinski definition) is 2. The van der Waals surface area contributed by atoms with Crippen LogP contribution in [0, 0.1) is 0 Å². The average molecular weight is 262 g/mol. The lowest BCUT2D eigenvalue weighted by atomic mass is 9.86. The van der Waals surface area contributed by atoms with Gasteiger partial charge in [0.05, 0.1) is 6.04 Å². The van der Waals surface area contributed by atoms with Crippen molar-refractivity contribution in [2.75, 3.05) is 6.54 Å². The molecule has 1 aromatic carbocycles. The molecule has 0 bridgehead atoms. The van der Waals surface area contributed by atoms with Gasteiger partial charge in [0.15, 0.2) is 0 Å². The number of carbonyl (C=O) groups is 1. The van der Waals surface area contributed by atoms with Crippen LogP contribution in [0.2, 0.25) is 0 Å². The van der Waals surface area contributed by atoms with Crippen molar-refractivity contribution in [3.63, 3.8) is 0 Å². The van der Waals surface area contributed by atoms with Gasteiger partial charge >= 0.3 is 0 Å². The Morgan fingerprint density at radius 1 is 1.26 bits per heavy atom. The highest BCUT2D eigenvalue weighted by Gasteiger charge is 2.15. The second kappa shape index (κ2) is 6.71. The van der Waals surface area contributed by atoms with E-state index in [4.69, 9.17) is 5.73 Å². The molecule has 0 aromatic heterocycles. The topological polar surface area (TPSA) is 55.1 Å². The molecule has 19 heavy (non-hydrogen) atoms. The second-order valence-electron chi connectivity index (χ2n) is 6.05. The van der Waals surface area contributed by atoms with E-state index < -0.39 is 6.04 Å². The smallest absolute Gasteiger partial charge is 0.237 e. The number of nitrogens with one attached hydrogen (secondary N) is 1. The van der Waals surface area contributed by atoms with Crippen LogP contribution in [0.25, 0.3) is 0 Å². The number of nitrogens with two attached hydrogens (primary N) is 1. The van der Waals surface area contributed by atoms with Crippen molar-refractivity contribution in [2.45, 2.75) is 52.0 Å². The molecule has 1 aromatic rings. The molecule has 0 spiro atoms. The molecule has 0 aliphatic carbocycles. The predicted octanol–water partition coefficient (Wildman–Crippen LogP) is 2.38. The minimum absolute atomic E-state index is 0.0678. The van der Waals surface area contributed by atoms with E-state index in [0.717, 1.165) is 12.0 Å². The summed E-state index contributed by atoms with van der Waals surface area (Å²) in [5.74, 6) is -0.0678. The van der Waals surface area contributed by atoms with E-state index in [1.165, 1.54) is 5.56 Å². The van der Waals surface area contributed by atoms with Gasteiger partial charge in [-0.25, -0.2) is 0 Å². The lowest BCUT2D eigenvalue weighted by Crippen LogP contribution is -2.42. The zero-order valence-electron chi connectivity index (χ0n) is 12.5. The van der Waals surface area contributed by atoms with Crippen molar-refractivity contribution in [1.82, 2.24) is 5.32 Å². The minimum Gasteiger partial charge on any atom is -0.355 e. The van der Waals surface area contributed by atoms with Crippen LogP contribution in [0.15, 0.2) is 24.3 Å². The molecule has 0 fully saturated rings. The Morgan fingerprint density at radius 2 is 1.84 bits per heavy atom. The molecule has 106 valence electrons. The Bertz CT molecular complexity index is 404. The molecular weight excluding hydrogens is 236 g/mol. The van der Waals surface area contributed by atoms with Gasteiger partial charge in [-0.15, -0.1) is 0 Å². The van der Waals surface area contributed by atoms with Crippen molar-refractivity contribution < 1.29 is 4.79 Å². The Morgan fingerprint density at radius 3 is 2.32 bits per heavy atom. The van der Waals surface area contributed by atoms with Gasteiger partial charge < -0.3 is 11.1 Å². The summed E-state index contributed by atoms with van der Waals surface area (Å²) in [6, 6.07) is 7.89. The first-order valence-corrected chi connectivity index (χ1v) is 6.97. The summed E-state index contributed by atoms with van der Waals surface area (Å²) >= 11 is 0. The Balaban J connectivity index is 2.60. The molecule has 0 unspecified atom stereocenters. The van der Waals surface area contributed by atoms with Crippen LogP contribution in [0.3, 0.4) is 0 Å². The van der Waals surface area contributed by atoms with Gasteiger partial charge in [0.2, 0.25) is 5.91 Å². The van der Waals surface area contributed by atoms with Gasteiger partial charge in [-0.3, -0.25) is 4.79 Å². The van der Waals surface area contributed by atoms with Gasteiger partial charge in [0.1, 0.15) is 0 Å². The van der Waals surface area contributed by atoms with Gasteiger partial charge in [-0.2, -0.15) is 0 Å². The third kappa shape index (κ3) is 5.03. The monoisotopic (exact) mass is 262 g/mol. The van der Waals surface area contributed by atoms with Crippen LogP contribution < -0.4 is 11.1 Å². The summed E-state index contributed by atoms with van der Waals surface area (Å²) in [6.07, 6.45) is 1.51. The molecule has 3 nitrogen and oxygen atoms in total. The first-order chi connectivity index (χ1) is 8.84. The zero-order valence-corrected chi connectivity index (χ0v) is 12.5. The zero-order chi connectivity index (χ0) is 14.5. The van der Waals surface area contributed by atoms with E-state index in [9.17, 15) is 4.79 Å². The van der Waals surface area contributed by atoms with E-state index in [2.05, 4.69) is 50.4 Å². The number of carbonyl (C=O) groups excluding carboxylic acids is 1. The van der Waals surface area contributed by atoms with Crippen LogP contribution in [0.4, 0.5) is 0 Å². The summed E-state index contributed by atoms with van der Waals surface area (Å²) in [5.41, 5.74) is 8.45. The summed E-state index contributed by atoms with van der Waals surface area (Å²) in [5, 5.41) is 2.82. The average Bonchev–Trinajstić information content (AvgIpc) is 2.35. The third-order valence-electron chi connectivity index (χ3n) is 3.16. The molecule has 0 saturated heterocycles. The molecule has 1 amide bonds. The molecule has 0 heterocycles. The molecular formula is C16H26N2O. The molecule has 0 aliphatic rings. The molecule has 1 rings (SSSR count). The largest absolute Gasteiger partial charge is 0.355 e. The minimum atomic E-state index is -0.466. The Kier molecular flexibility index (Phi) is 5.55. The Labute approximate surface area is 116 Å². The van der Waals surface area contributed by atoms with Gasteiger partial charge in [0, 0.05) is 6.54 Å². The van der Waals surface area contributed by atoms with E-state index in [1.807, 2.05) is 6.92 Å². The van der Waals surface area contributed by atoms with Crippen LogP contribution in [-0.2, 0) is 16.6 Å². The van der Waals surface area contributed by atoms with E-state index in [-0.39, 0.29) is 11.3 Å². The lowest BCUT2D eigenvalue weighted by Gasteiger charge is -2.19. The van der Waals surface area contributed by atoms with Crippen molar-refractivity contribution >= 4 is 5.91 Å². The molecule has 0 aliphatic heterocycles. The maximum Gasteiger partial charge on any atom is 0.237 e. The van der Waals surface area contributed by atoms with Gasteiger partial charge in [-0.1, -0.05) is 52.0 Å². The molecule has 3 N–H and O–H groups in total. The standard InChI is InChI=1S/C16H26N2O/c1-5-10-18-15(19)14(17)11-12-6-8-13(9-7-12)16(2,3)4/h6-9,14H,5,10-11,17H2,1-4H3,(H,18,19)/t14-/m0/s1. The quantitative estimate of drug-likeness (QED) is 0.856. The highest BCUT2D eigenvalue weighted by molar-refractivity contribution is 5.81. The fourth-order valence-electron chi connectivity index (χ4n) is 1.87. The maximum absolute atomic E-state index is 11.7. The number of benzene rings is 1. The summed E-state index contributed by atoms with van der Waals surface area (Å²) in [6.45, 7) is 9.27. The van der Waals surface area contributed by atoms with E-state index in [1.54, 1.807) is 0 Å². The normalized spacial score (nSPS) is 13.1. The first kappa shape index (κ1) is 15.7. The summed E-state index contributed by atoms with van der Waals surface area (Å²) < 4.78 is 0. The van der Waals surface area contributed by atoms with Crippen molar-refractivity contribution in [2.24, 2.45) is 5.73 Å². The number of hydrogen-bond donors (Lipinski definition) is 2. The third-order valence-corrected chi connectivity index (χ3v) is 3.16. The van der Waals surface area contributed by atoms with Crippen LogP contribution >= 0.6 is 0 Å². The number of rotatable bonds is 5. The first-order valence-electron chi connectivity index (χ1n) is 6.97. The van der Waals surface area contributed by atoms with Gasteiger partial charge in [-0.05, 0) is 29.4 Å². The SMILES string of the molecule is CCCNC(=O)[C@@H](N)Cc1ccc(C(C)(C)C)cc1. The predicted molar refractivity (Wildman–Crippen MR) is 80.1 cm³/mol. The molecule has 0 radical (unpaired) electrons. The maximum atomic E-state index is 11.7. The molecule has 0 saturated carbocycles. The van der Waals surface area contributed by atoms with Crippen molar-refractivity contribution in [1.29, 1.82) is 0 Å². The fraction of sp³-hybridized carbons (Fsp3) is 0.562. The summed E-state index contributed by atoms with van der Waals surface area (Å²) in [7, 11) is 0. The second-order valence-corrected chi connectivity index (χ2v) is 6.05. The Hall–Kier alpha value is -1.35. The molecule has 3 heteroatoms. The van der Waals surface area contributed by atoms with Crippen LogP contribution in [0.1, 0.15) is 45.2 Å². The van der Waals surface area contributed by atoms with Crippen LogP contribution in [-0.4, -0.2) is 18.5 Å². The van der Waals surface area contributed by atoms with Crippen molar-refractivity contribution in [3.05, 3.63) is 35.4 Å². The fourth-order valence-corrected chi connectivity index (χ4v) is 1.87. The lowest BCUT2D eigenvalue weighted by molar-refractivity contribution is -0.122. The van der Waals surface area contributed by atoms with Gasteiger partial charge in [0.25, 0.3) is 0 Å². The van der Waals surface area contributed by atoms with Crippen LogP contribution in [0.5, 0.6) is 0 Å². The van der Waals surface area contributed by atoms with E-state index >= 15 is 0 Å². The highest BCUT2D eigenvalue weighted by Crippen LogP contribution is 2.22.